The van der Waals surface area contributed by atoms with Gasteiger partial charge >= 0.3 is 0 Å². The molecule has 1 nitrogen and oxygen atoms in total. The number of fused-ring (bicyclic) bond motifs is 5. The summed E-state index contributed by atoms with van der Waals surface area (Å²) in [4.78, 5) is 11.0. The van der Waals surface area contributed by atoms with Crippen molar-refractivity contribution < 1.29 is 13.6 Å². The second-order valence-corrected chi connectivity index (χ2v) is 5.52. The molecule has 21 heavy (non-hydrogen) atoms. The molecular formula is C18H12F2O. The molecule has 2 atom stereocenters. The van der Waals surface area contributed by atoms with Crippen LogP contribution in [0.3, 0.4) is 0 Å². The number of aldehydes is 1. The molecule has 0 amide bonds. The normalized spacial score (nSPS) is 24.2. The van der Waals surface area contributed by atoms with Crippen LogP contribution in [0.1, 0.15) is 34.1 Å². The fourth-order valence-corrected chi connectivity index (χ4v) is 3.52. The van der Waals surface area contributed by atoms with Crippen LogP contribution in [0, 0.1) is 0 Å². The summed E-state index contributed by atoms with van der Waals surface area (Å²) >= 11 is 0. The van der Waals surface area contributed by atoms with Crippen molar-refractivity contribution in [1.82, 2.24) is 0 Å². The van der Waals surface area contributed by atoms with E-state index in [-0.39, 0.29) is 0 Å². The number of alkyl halides is 2. The quantitative estimate of drug-likeness (QED) is 0.567. The van der Waals surface area contributed by atoms with Crippen LogP contribution in [-0.4, -0.2) is 12.2 Å². The van der Waals surface area contributed by atoms with Crippen molar-refractivity contribution in [2.75, 3.05) is 0 Å². The molecule has 0 spiro atoms. The van der Waals surface area contributed by atoms with E-state index in [1.54, 1.807) is 24.3 Å². The number of rotatable bonds is 1. The molecule has 1 fully saturated rings. The van der Waals surface area contributed by atoms with Crippen molar-refractivity contribution in [2.45, 2.75) is 17.8 Å². The van der Waals surface area contributed by atoms with Gasteiger partial charge in [-0.15, -0.1) is 0 Å². The van der Waals surface area contributed by atoms with Gasteiger partial charge < -0.3 is 0 Å². The smallest absolute Gasteiger partial charge is 0.263 e. The van der Waals surface area contributed by atoms with Crippen LogP contribution >= 0.6 is 0 Å². The van der Waals surface area contributed by atoms with Crippen molar-refractivity contribution in [3.8, 4) is 0 Å². The first-order chi connectivity index (χ1) is 10.2. The Morgan fingerprint density at radius 3 is 1.81 bits per heavy atom. The summed E-state index contributed by atoms with van der Waals surface area (Å²) in [5.74, 6) is -4.28. The molecule has 2 aromatic carbocycles. The zero-order valence-corrected chi connectivity index (χ0v) is 11.1. The molecule has 0 aromatic heterocycles. The molecule has 0 aliphatic heterocycles. The highest BCUT2D eigenvalue weighted by Crippen LogP contribution is 2.70. The molecule has 0 N–H and O–H groups in total. The third-order valence-electron chi connectivity index (χ3n) is 4.46. The van der Waals surface area contributed by atoms with E-state index in [0.29, 0.717) is 11.1 Å². The lowest BCUT2D eigenvalue weighted by Crippen LogP contribution is -2.02. The van der Waals surface area contributed by atoms with E-state index >= 15 is 0 Å². The third kappa shape index (κ3) is 1.57. The summed E-state index contributed by atoms with van der Waals surface area (Å²) in [7, 11) is 0. The van der Waals surface area contributed by atoms with Gasteiger partial charge in [-0.2, -0.15) is 0 Å². The minimum Gasteiger partial charge on any atom is -0.299 e. The zero-order chi connectivity index (χ0) is 14.6. The average Bonchev–Trinajstić information content (AvgIpc) is 3.10. The number of carbonyl (C=O) groups excluding carboxylic acids is 1. The molecule has 0 saturated heterocycles. The van der Waals surface area contributed by atoms with E-state index in [4.69, 9.17) is 0 Å². The summed E-state index contributed by atoms with van der Waals surface area (Å²) in [6, 6.07) is 14.3. The first kappa shape index (κ1) is 12.5. The van der Waals surface area contributed by atoms with Crippen LogP contribution < -0.4 is 0 Å². The van der Waals surface area contributed by atoms with Crippen LogP contribution in [0.4, 0.5) is 8.78 Å². The molecule has 0 radical (unpaired) electrons. The van der Waals surface area contributed by atoms with Crippen LogP contribution in [-0.2, 0) is 4.79 Å². The number of carbonyl (C=O) groups is 1. The van der Waals surface area contributed by atoms with E-state index in [9.17, 15) is 13.6 Å². The lowest BCUT2D eigenvalue weighted by molar-refractivity contribution is -0.104. The lowest BCUT2D eigenvalue weighted by atomic mass is 9.91. The Labute approximate surface area is 120 Å². The van der Waals surface area contributed by atoms with Gasteiger partial charge in [0.05, 0.1) is 11.8 Å². The van der Waals surface area contributed by atoms with Gasteiger partial charge in [-0.3, -0.25) is 4.79 Å². The molecule has 2 aliphatic carbocycles. The maximum absolute atomic E-state index is 14.3. The molecule has 2 aromatic rings. The SMILES string of the molecule is O=CC=C1c2ccccc2C2C(c3ccccc31)C2(F)F. The number of hydrogen-bond acceptors (Lipinski definition) is 1. The average molecular weight is 282 g/mol. The van der Waals surface area contributed by atoms with Crippen molar-refractivity contribution in [3.63, 3.8) is 0 Å². The van der Waals surface area contributed by atoms with Gasteiger partial charge in [0.1, 0.15) is 6.29 Å². The van der Waals surface area contributed by atoms with Gasteiger partial charge in [-0.05, 0) is 33.9 Å². The second-order valence-electron chi connectivity index (χ2n) is 5.52. The summed E-state index contributed by atoms with van der Waals surface area (Å²) in [5, 5.41) is 0. The van der Waals surface area contributed by atoms with Gasteiger partial charge in [0.15, 0.2) is 0 Å². The van der Waals surface area contributed by atoms with Crippen molar-refractivity contribution in [1.29, 1.82) is 0 Å². The Morgan fingerprint density at radius 1 is 0.857 bits per heavy atom. The predicted molar refractivity (Wildman–Crippen MR) is 76.5 cm³/mol. The van der Waals surface area contributed by atoms with Gasteiger partial charge in [0, 0.05) is 0 Å². The largest absolute Gasteiger partial charge is 0.299 e. The van der Waals surface area contributed by atoms with Crippen molar-refractivity contribution >= 4 is 11.9 Å². The third-order valence-corrected chi connectivity index (χ3v) is 4.46. The Kier molecular flexibility index (Phi) is 2.43. The minimum absolute atomic E-state index is 0.636. The summed E-state index contributed by atoms with van der Waals surface area (Å²) < 4.78 is 28.5. The van der Waals surface area contributed by atoms with E-state index in [2.05, 4.69) is 0 Å². The Hall–Kier alpha value is -2.29. The highest BCUT2D eigenvalue weighted by molar-refractivity contribution is 5.93. The van der Waals surface area contributed by atoms with E-state index in [1.165, 1.54) is 6.08 Å². The number of halogens is 2. The van der Waals surface area contributed by atoms with E-state index in [1.807, 2.05) is 24.3 Å². The Balaban J connectivity index is 2.07. The van der Waals surface area contributed by atoms with Gasteiger partial charge in [-0.1, -0.05) is 48.5 Å². The fourth-order valence-electron chi connectivity index (χ4n) is 3.52. The lowest BCUT2D eigenvalue weighted by Gasteiger charge is -2.14. The molecule has 104 valence electrons. The van der Waals surface area contributed by atoms with E-state index in [0.717, 1.165) is 23.0 Å². The van der Waals surface area contributed by atoms with Crippen LogP contribution in [0.25, 0.3) is 5.57 Å². The number of allylic oxidation sites excluding steroid dienone is 1. The topological polar surface area (TPSA) is 17.1 Å². The molecule has 2 unspecified atom stereocenters. The Bertz CT molecular complexity index is 719. The molecule has 3 heteroatoms. The molecule has 2 aliphatic rings. The predicted octanol–water partition coefficient (Wildman–Crippen LogP) is 4.15. The summed E-state index contributed by atoms with van der Waals surface area (Å²) in [6.45, 7) is 0. The molecule has 0 bridgehead atoms. The van der Waals surface area contributed by atoms with Crippen LogP contribution in [0.5, 0.6) is 0 Å². The number of benzene rings is 2. The Morgan fingerprint density at radius 2 is 1.33 bits per heavy atom. The fraction of sp³-hybridized carbons (Fsp3) is 0.167. The molecule has 4 rings (SSSR count). The van der Waals surface area contributed by atoms with E-state index < -0.39 is 17.8 Å². The maximum Gasteiger partial charge on any atom is 0.263 e. The first-order valence-corrected chi connectivity index (χ1v) is 6.88. The van der Waals surface area contributed by atoms with Crippen molar-refractivity contribution in [2.24, 2.45) is 0 Å². The monoisotopic (exact) mass is 282 g/mol. The number of hydrogen-bond donors (Lipinski definition) is 0. The minimum atomic E-state index is -2.71. The first-order valence-electron chi connectivity index (χ1n) is 6.88. The van der Waals surface area contributed by atoms with Gasteiger partial charge in [0.2, 0.25) is 0 Å². The zero-order valence-electron chi connectivity index (χ0n) is 11.1. The summed E-state index contributed by atoms with van der Waals surface area (Å²) in [5.41, 5.74) is 3.48. The highest BCUT2D eigenvalue weighted by atomic mass is 19.3. The van der Waals surface area contributed by atoms with Gasteiger partial charge in [-0.25, -0.2) is 8.78 Å². The summed E-state index contributed by atoms with van der Waals surface area (Å²) in [6.07, 6.45) is 2.19. The van der Waals surface area contributed by atoms with Gasteiger partial charge in [0.25, 0.3) is 5.92 Å². The standard InChI is InChI=1S/C18H12F2O/c19-18(20)16-14-7-3-1-5-11(14)13(9-10-21)12-6-2-4-8-15(12)17(16)18/h1-10,16-17H. The maximum atomic E-state index is 14.3. The molecule has 1 saturated carbocycles. The van der Waals surface area contributed by atoms with Crippen LogP contribution in [0.15, 0.2) is 54.6 Å². The molecular weight excluding hydrogens is 270 g/mol. The van der Waals surface area contributed by atoms with Crippen LogP contribution in [0.2, 0.25) is 0 Å². The molecule has 0 heterocycles. The second kappa shape index (κ2) is 4.10. The van der Waals surface area contributed by atoms with Crippen molar-refractivity contribution in [3.05, 3.63) is 76.9 Å². The highest BCUT2D eigenvalue weighted by Gasteiger charge is 2.70.